The molecular weight excluding hydrogens is 146 g/mol. The van der Waals surface area contributed by atoms with Gasteiger partial charge in [0.05, 0.1) is 6.61 Å². The van der Waals surface area contributed by atoms with Gasteiger partial charge in [0.2, 0.25) is 6.08 Å². The van der Waals surface area contributed by atoms with Crippen LogP contribution in [-0.4, -0.2) is 18.7 Å². The summed E-state index contributed by atoms with van der Waals surface area (Å²) in [6, 6.07) is 0. The van der Waals surface area contributed by atoms with E-state index in [1.165, 1.54) is 0 Å². The largest absolute Gasteiger partial charge is 0.463 e. The lowest BCUT2D eigenvalue weighted by atomic mass is 10.4. The number of isocyanates is 1. The van der Waals surface area contributed by atoms with Crippen molar-refractivity contribution in [2.45, 2.75) is 13.8 Å². The molecule has 0 aromatic heterocycles. The fourth-order valence-corrected chi connectivity index (χ4v) is 0.254. The SMILES string of the molecule is C=C(C)C(=O)OCC.N=C=O. The second kappa shape index (κ2) is 8.59. The Labute approximate surface area is 65.4 Å². The summed E-state index contributed by atoms with van der Waals surface area (Å²) in [6.07, 6.45) is 0.750. The zero-order chi connectivity index (χ0) is 9.28. The molecular formula is C7H11NO3. The van der Waals surface area contributed by atoms with Crippen molar-refractivity contribution in [2.75, 3.05) is 6.61 Å². The molecule has 0 unspecified atom stereocenters. The van der Waals surface area contributed by atoms with E-state index in [2.05, 4.69) is 11.3 Å². The van der Waals surface area contributed by atoms with Gasteiger partial charge in [0, 0.05) is 5.57 Å². The van der Waals surface area contributed by atoms with Crippen LogP contribution in [0.5, 0.6) is 0 Å². The first kappa shape index (κ1) is 12.3. The number of rotatable bonds is 2. The topological polar surface area (TPSA) is 67.2 Å². The zero-order valence-electron chi connectivity index (χ0n) is 6.64. The molecule has 0 saturated carbocycles. The minimum absolute atomic E-state index is 0.312. The van der Waals surface area contributed by atoms with Crippen molar-refractivity contribution >= 4 is 12.0 Å². The summed E-state index contributed by atoms with van der Waals surface area (Å²) in [6.45, 7) is 7.21. The average Bonchev–Trinajstić information content (AvgIpc) is 1.90. The molecule has 0 spiro atoms. The van der Waals surface area contributed by atoms with Crippen LogP contribution in [0.3, 0.4) is 0 Å². The molecule has 11 heavy (non-hydrogen) atoms. The predicted octanol–water partition coefficient (Wildman–Crippen LogP) is 1.03. The maximum Gasteiger partial charge on any atom is 0.333 e. The number of carbonyl (C=O) groups excluding carboxylic acids is 2. The van der Waals surface area contributed by atoms with E-state index < -0.39 is 0 Å². The van der Waals surface area contributed by atoms with Gasteiger partial charge in [-0.3, -0.25) is 0 Å². The van der Waals surface area contributed by atoms with E-state index in [1.54, 1.807) is 13.8 Å². The molecule has 4 nitrogen and oxygen atoms in total. The van der Waals surface area contributed by atoms with E-state index in [0.717, 1.165) is 6.08 Å². The molecule has 4 heteroatoms. The second-order valence-corrected chi connectivity index (χ2v) is 1.60. The Morgan fingerprint density at radius 1 is 1.73 bits per heavy atom. The lowest BCUT2D eigenvalue weighted by Crippen LogP contribution is -2.03. The third kappa shape index (κ3) is 11.9. The highest BCUT2D eigenvalue weighted by Crippen LogP contribution is 1.89. The van der Waals surface area contributed by atoms with Crippen molar-refractivity contribution in [3.63, 3.8) is 0 Å². The lowest BCUT2D eigenvalue weighted by Gasteiger charge is -1.96. The average molecular weight is 157 g/mol. The molecule has 0 bridgehead atoms. The van der Waals surface area contributed by atoms with Gasteiger partial charge in [-0.1, -0.05) is 6.58 Å². The van der Waals surface area contributed by atoms with Crippen LogP contribution in [0.4, 0.5) is 0 Å². The standard InChI is InChI=1S/C6H10O2.CHNO/c1-4-8-6(7)5(2)3;2-1-3/h2,4H2,1,3H3;2H. The molecule has 0 aliphatic carbocycles. The molecule has 0 radical (unpaired) electrons. The van der Waals surface area contributed by atoms with Gasteiger partial charge in [-0.2, -0.15) is 0 Å². The molecule has 0 fully saturated rings. The predicted molar refractivity (Wildman–Crippen MR) is 39.9 cm³/mol. The molecule has 0 amide bonds. The maximum absolute atomic E-state index is 10.4. The van der Waals surface area contributed by atoms with E-state index in [1.807, 2.05) is 0 Å². The Balaban J connectivity index is 0. The van der Waals surface area contributed by atoms with Gasteiger partial charge in [0.15, 0.2) is 0 Å². The number of carbonyl (C=O) groups is 1. The second-order valence-electron chi connectivity index (χ2n) is 1.60. The summed E-state index contributed by atoms with van der Waals surface area (Å²) in [4.78, 5) is 18.8. The molecule has 0 aromatic carbocycles. The Kier molecular flexibility index (Phi) is 9.59. The number of nitrogens with one attached hydrogen (secondary N) is 1. The van der Waals surface area contributed by atoms with Crippen LogP contribution in [0.2, 0.25) is 0 Å². The highest BCUT2D eigenvalue weighted by molar-refractivity contribution is 5.86. The van der Waals surface area contributed by atoms with Gasteiger partial charge in [0.1, 0.15) is 0 Å². The van der Waals surface area contributed by atoms with E-state index in [0.29, 0.717) is 12.2 Å². The van der Waals surface area contributed by atoms with Crippen molar-refractivity contribution in [3.05, 3.63) is 12.2 Å². The van der Waals surface area contributed by atoms with Gasteiger partial charge in [-0.15, -0.1) is 0 Å². The molecule has 0 aliphatic heterocycles. The molecule has 0 aliphatic rings. The maximum atomic E-state index is 10.4. The minimum atomic E-state index is -0.312. The number of esters is 1. The first-order chi connectivity index (χ1) is 5.09. The zero-order valence-corrected chi connectivity index (χ0v) is 6.64. The Hall–Kier alpha value is -1.41. The lowest BCUT2D eigenvalue weighted by molar-refractivity contribution is -0.138. The summed E-state index contributed by atoms with van der Waals surface area (Å²) >= 11 is 0. The molecule has 0 heterocycles. The third-order valence-corrected chi connectivity index (χ3v) is 0.624. The van der Waals surface area contributed by atoms with E-state index in [4.69, 9.17) is 10.2 Å². The van der Waals surface area contributed by atoms with E-state index >= 15 is 0 Å². The van der Waals surface area contributed by atoms with Crippen LogP contribution < -0.4 is 0 Å². The molecule has 0 atom stereocenters. The fourth-order valence-electron chi connectivity index (χ4n) is 0.254. The number of hydrogen-bond acceptors (Lipinski definition) is 4. The summed E-state index contributed by atoms with van der Waals surface area (Å²) in [5, 5.41) is 5.40. The van der Waals surface area contributed by atoms with Gasteiger partial charge < -0.3 is 4.74 Å². The minimum Gasteiger partial charge on any atom is -0.463 e. The summed E-state index contributed by atoms with van der Waals surface area (Å²) in [5.41, 5.74) is 0.451. The summed E-state index contributed by atoms with van der Waals surface area (Å²) in [5.74, 6) is -0.312. The third-order valence-electron chi connectivity index (χ3n) is 0.624. The highest BCUT2D eigenvalue weighted by atomic mass is 16.5. The van der Waals surface area contributed by atoms with Crippen molar-refractivity contribution in [2.24, 2.45) is 0 Å². The number of hydrogen-bond donors (Lipinski definition) is 1. The van der Waals surface area contributed by atoms with Crippen LogP contribution in [-0.2, 0) is 14.3 Å². The first-order valence-electron chi connectivity index (χ1n) is 2.96. The Morgan fingerprint density at radius 3 is 2.18 bits per heavy atom. The van der Waals surface area contributed by atoms with Gasteiger partial charge in [0.25, 0.3) is 0 Å². The van der Waals surface area contributed by atoms with Gasteiger partial charge >= 0.3 is 5.97 Å². The normalized spacial score (nSPS) is 6.73. The Morgan fingerprint density at radius 2 is 2.09 bits per heavy atom. The molecule has 0 aromatic rings. The van der Waals surface area contributed by atoms with Crippen molar-refractivity contribution in [1.29, 1.82) is 5.41 Å². The van der Waals surface area contributed by atoms with Crippen LogP contribution in [0.15, 0.2) is 12.2 Å². The van der Waals surface area contributed by atoms with E-state index in [9.17, 15) is 4.79 Å². The van der Waals surface area contributed by atoms with Crippen molar-refractivity contribution in [1.82, 2.24) is 0 Å². The highest BCUT2D eigenvalue weighted by Gasteiger charge is 1.98. The van der Waals surface area contributed by atoms with Crippen molar-refractivity contribution < 1.29 is 14.3 Å². The van der Waals surface area contributed by atoms with Crippen molar-refractivity contribution in [3.8, 4) is 0 Å². The van der Waals surface area contributed by atoms with Crippen LogP contribution >= 0.6 is 0 Å². The summed E-state index contributed by atoms with van der Waals surface area (Å²) in [7, 11) is 0. The molecule has 62 valence electrons. The smallest absolute Gasteiger partial charge is 0.333 e. The molecule has 0 saturated heterocycles. The van der Waals surface area contributed by atoms with Crippen LogP contribution in [0, 0.1) is 5.41 Å². The number of ether oxygens (including phenoxy) is 1. The Bertz CT molecular complexity index is 169. The van der Waals surface area contributed by atoms with E-state index in [-0.39, 0.29) is 5.97 Å². The molecule has 0 rings (SSSR count). The first-order valence-corrected chi connectivity index (χ1v) is 2.96. The fraction of sp³-hybridized carbons (Fsp3) is 0.429. The van der Waals surface area contributed by atoms with Crippen LogP contribution in [0.1, 0.15) is 13.8 Å². The monoisotopic (exact) mass is 157 g/mol. The summed E-state index contributed by atoms with van der Waals surface area (Å²) < 4.78 is 4.56. The van der Waals surface area contributed by atoms with Gasteiger partial charge in [-0.25, -0.2) is 15.0 Å². The quantitative estimate of drug-likeness (QED) is 0.281. The molecule has 1 N–H and O–H groups in total. The van der Waals surface area contributed by atoms with Gasteiger partial charge in [-0.05, 0) is 13.8 Å². The van der Waals surface area contributed by atoms with Crippen LogP contribution in [0.25, 0.3) is 0 Å².